The molecule has 3 aromatic carbocycles. The first-order chi connectivity index (χ1) is 15.7. The summed E-state index contributed by atoms with van der Waals surface area (Å²) in [6.07, 6.45) is 0. The normalized spacial score (nSPS) is 10.9. The molecule has 0 radical (unpaired) electrons. The molecule has 33 heavy (non-hydrogen) atoms. The van der Waals surface area contributed by atoms with Crippen LogP contribution in [0.25, 0.3) is 22.2 Å². The Labute approximate surface area is 198 Å². The molecule has 0 saturated heterocycles. The molecule has 0 aliphatic heterocycles. The van der Waals surface area contributed by atoms with E-state index in [1.54, 1.807) is 62.6 Å². The molecule has 0 aliphatic rings. The standard InChI is InChI=1S/C24H17Cl2N3O4/c1-28(2)22(30)15-10-11-16-19(12-15)29(23(31)20-17(25)4-3-5-18(20)26)27-21(16)13-6-8-14(9-7-13)24(32)33/h3-12H,1-2H3,(H,32,33). The molecule has 0 unspecified atom stereocenters. The van der Waals surface area contributed by atoms with Crippen molar-refractivity contribution in [1.82, 2.24) is 14.7 Å². The molecule has 4 rings (SSSR count). The quantitative estimate of drug-likeness (QED) is 0.437. The summed E-state index contributed by atoms with van der Waals surface area (Å²) in [5.74, 6) is -1.84. The smallest absolute Gasteiger partial charge is 0.335 e. The lowest BCUT2D eigenvalue weighted by atomic mass is 10.0. The van der Waals surface area contributed by atoms with Gasteiger partial charge >= 0.3 is 5.97 Å². The molecule has 0 bridgehead atoms. The van der Waals surface area contributed by atoms with Crippen LogP contribution in [-0.4, -0.2) is 51.7 Å². The van der Waals surface area contributed by atoms with Crippen LogP contribution >= 0.6 is 23.2 Å². The highest BCUT2D eigenvalue weighted by atomic mass is 35.5. The number of carbonyl (C=O) groups excluding carboxylic acids is 2. The Morgan fingerprint density at radius 2 is 1.52 bits per heavy atom. The van der Waals surface area contributed by atoms with Gasteiger partial charge in [-0.2, -0.15) is 9.78 Å². The number of aromatic carboxylic acids is 1. The first-order valence-corrected chi connectivity index (χ1v) is 10.5. The second-order valence-electron chi connectivity index (χ2n) is 7.48. The molecule has 1 heterocycles. The minimum Gasteiger partial charge on any atom is -0.478 e. The van der Waals surface area contributed by atoms with E-state index in [-0.39, 0.29) is 27.1 Å². The molecule has 1 aromatic heterocycles. The Hall–Kier alpha value is -3.68. The highest BCUT2D eigenvalue weighted by Crippen LogP contribution is 2.32. The third kappa shape index (κ3) is 4.08. The molecule has 0 spiro atoms. The molecule has 7 nitrogen and oxygen atoms in total. The molecule has 0 aliphatic carbocycles. The molecule has 166 valence electrons. The second kappa shape index (κ2) is 8.69. The molecular formula is C24H17Cl2N3O4. The summed E-state index contributed by atoms with van der Waals surface area (Å²) in [6, 6.07) is 15.8. The number of fused-ring (bicyclic) bond motifs is 1. The first kappa shape index (κ1) is 22.5. The average molecular weight is 482 g/mol. The van der Waals surface area contributed by atoms with Gasteiger partial charge in [-0.3, -0.25) is 9.59 Å². The zero-order valence-electron chi connectivity index (χ0n) is 17.5. The van der Waals surface area contributed by atoms with E-state index in [1.165, 1.54) is 17.0 Å². The zero-order chi connectivity index (χ0) is 23.9. The molecule has 0 saturated carbocycles. The van der Waals surface area contributed by atoms with Crippen molar-refractivity contribution in [3.8, 4) is 11.3 Å². The molecule has 9 heteroatoms. The molecule has 4 aromatic rings. The Balaban J connectivity index is 1.96. The number of amides is 1. The van der Waals surface area contributed by atoms with E-state index in [0.717, 1.165) is 4.68 Å². The van der Waals surface area contributed by atoms with Crippen LogP contribution in [0.4, 0.5) is 0 Å². The van der Waals surface area contributed by atoms with Gasteiger partial charge in [0, 0.05) is 30.6 Å². The van der Waals surface area contributed by atoms with Gasteiger partial charge in [-0.25, -0.2) is 4.79 Å². The fourth-order valence-electron chi connectivity index (χ4n) is 3.45. The number of rotatable bonds is 4. The molecular weight excluding hydrogens is 465 g/mol. The van der Waals surface area contributed by atoms with Crippen LogP contribution in [0.1, 0.15) is 31.1 Å². The van der Waals surface area contributed by atoms with Gasteiger partial charge in [-0.05, 0) is 42.5 Å². The number of carbonyl (C=O) groups is 3. The van der Waals surface area contributed by atoms with E-state index < -0.39 is 11.9 Å². The molecule has 0 fully saturated rings. The number of nitrogens with zero attached hydrogens (tertiary/aromatic N) is 3. The summed E-state index contributed by atoms with van der Waals surface area (Å²) in [7, 11) is 3.27. The third-order valence-electron chi connectivity index (χ3n) is 5.11. The average Bonchev–Trinajstić information content (AvgIpc) is 3.17. The number of hydrogen-bond acceptors (Lipinski definition) is 4. The van der Waals surface area contributed by atoms with Crippen molar-refractivity contribution in [1.29, 1.82) is 0 Å². The van der Waals surface area contributed by atoms with E-state index in [4.69, 9.17) is 23.2 Å². The van der Waals surface area contributed by atoms with E-state index in [2.05, 4.69) is 5.10 Å². The minimum atomic E-state index is -1.05. The molecule has 1 amide bonds. The summed E-state index contributed by atoms with van der Waals surface area (Å²) >= 11 is 12.5. The lowest BCUT2D eigenvalue weighted by Gasteiger charge is -2.11. The minimum absolute atomic E-state index is 0.0855. The fourth-order valence-corrected chi connectivity index (χ4v) is 4.01. The Morgan fingerprint density at radius 1 is 0.909 bits per heavy atom. The van der Waals surface area contributed by atoms with Gasteiger partial charge in [0.15, 0.2) is 0 Å². The highest BCUT2D eigenvalue weighted by molar-refractivity contribution is 6.40. The van der Waals surface area contributed by atoms with Gasteiger partial charge < -0.3 is 10.0 Å². The summed E-state index contributed by atoms with van der Waals surface area (Å²) in [5.41, 5.74) is 2.03. The number of halogens is 2. The van der Waals surface area contributed by atoms with Gasteiger partial charge in [-0.15, -0.1) is 0 Å². The van der Waals surface area contributed by atoms with E-state index in [9.17, 15) is 19.5 Å². The number of aromatic nitrogens is 2. The Kier molecular flexibility index (Phi) is 5.93. The fraction of sp³-hybridized carbons (Fsp3) is 0.0833. The van der Waals surface area contributed by atoms with Crippen molar-refractivity contribution >= 4 is 51.9 Å². The van der Waals surface area contributed by atoms with Crippen molar-refractivity contribution in [2.45, 2.75) is 0 Å². The third-order valence-corrected chi connectivity index (χ3v) is 5.74. The van der Waals surface area contributed by atoms with Crippen molar-refractivity contribution in [3.05, 3.63) is 87.4 Å². The van der Waals surface area contributed by atoms with E-state index >= 15 is 0 Å². The number of benzene rings is 3. The van der Waals surface area contributed by atoms with E-state index in [1.807, 2.05) is 0 Å². The van der Waals surface area contributed by atoms with Crippen molar-refractivity contribution in [2.24, 2.45) is 0 Å². The maximum atomic E-state index is 13.5. The van der Waals surface area contributed by atoms with Crippen LogP contribution in [-0.2, 0) is 0 Å². The number of carboxylic acid groups (broad SMARTS) is 1. The first-order valence-electron chi connectivity index (χ1n) is 9.76. The van der Waals surface area contributed by atoms with Gasteiger partial charge in [0.2, 0.25) is 0 Å². The van der Waals surface area contributed by atoms with Crippen LogP contribution in [0.2, 0.25) is 10.0 Å². The van der Waals surface area contributed by atoms with Crippen LogP contribution in [0.3, 0.4) is 0 Å². The predicted molar refractivity (Wildman–Crippen MR) is 126 cm³/mol. The largest absolute Gasteiger partial charge is 0.478 e. The summed E-state index contributed by atoms with van der Waals surface area (Å²) in [6.45, 7) is 0. The maximum absolute atomic E-state index is 13.5. The zero-order valence-corrected chi connectivity index (χ0v) is 19.1. The van der Waals surface area contributed by atoms with E-state index in [0.29, 0.717) is 27.7 Å². The summed E-state index contributed by atoms with van der Waals surface area (Å²) < 4.78 is 1.16. The second-order valence-corrected chi connectivity index (χ2v) is 8.29. The number of hydrogen-bond donors (Lipinski definition) is 1. The SMILES string of the molecule is CN(C)C(=O)c1ccc2c(-c3ccc(C(=O)O)cc3)nn(C(=O)c3c(Cl)cccc3Cl)c2c1. The number of carboxylic acids is 1. The van der Waals surface area contributed by atoms with Gasteiger partial charge in [0.25, 0.3) is 11.8 Å². The van der Waals surface area contributed by atoms with Gasteiger partial charge in [0.1, 0.15) is 5.69 Å². The van der Waals surface area contributed by atoms with Crippen molar-refractivity contribution in [3.63, 3.8) is 0 Å². The van der Waals surface area contributed by atoms with Gasteiger partial charge in [-0.1, -0.05) is 41.4 Å². The molecule has 1 N–H and O–H groups in total. The Bertz CT molecular complexity index is 1410. The predicted octanol–water partition coefficient (Wildman–Crippen LogP) is 5.10. The van der Waals surface area contributed by atoms with Crippen LogP contribution < -0.4 is 0 Å². The topological polar surface area (TPSA) is 92.5 Å². The lowest BCUT2D eigenvalue weighted by molar-refractivity contribution is 0.0696. The highest BCUT2D eigenvalue weighted by Gasteiger charge is 2.23. The lowest BCUT2D eigenvalue weighted by Crippen LogP contribution is -2.21. The van der Waals surface area contributed by atoms with Crippen LogP contribution in [0.5, 0.6) is 0 Å². The van der Waals surface area contributed by atoms with Crippen molar-refractivity contribution in [2.75, 3.05) is 14.1 Å². The monoisotopic (exact) mass is 481 g/mol. The summed E-state index contributed by atoms with van der Waals surface area (Å²) in [5, 5.41) is 14.6. The van der Waals surface area contributed by atoms with Gasteiger partial charge in [0.05, 0.1) is 26.7 Å². The maximum Gasteiger partial charge on any atom is 0.335 e. The Morgan fingerprint density at radius 3 is 2.09 bits per heavy atom. The van der Waals surface area contributed by atoms with Crippen LogP contribution in [0.15, 0.2) is 60.7 Å². The van der Waals surface area contributed by atoms with Crippen LogP contribution in [0, 0.1) is 0 Å². The van der Waals surface area contributed by atoms with Crippen molar-refractivity contribution < 1.29 is 19.5 Å². The molecule has 0 atom stereocenters. The summed E-state index contributed by atoms with van der Waals surface area (Å²) in [4.78, 5) is 38.6.